The Morgan fingerprint density at radius 1 is 1.39 bits per heavy atom. The summed E-state index contributed by atoms with van der Waals surface area (Å²) in [5.41, 5.74) is 1.09. The molecule has 0 saturated carbocycles. The van der Waals surface area contributed by atoms with Gasteiger partial charge in [-0.3, -0.25) is 9.59 Å². The fourth-order valence-corrected chi connectivity index (χ4v) is 4.49. The van der Waals surface area contributed by atoms with Crippen LogP contribution in [-0.2, 0) is 16.0 Å². The number of amides is 1. The van der Waals surface area contributed by atoms with E-state index in [1.165, 1.54) is 6.92 Å². The molecule has 23 heavy (non-hydrogen) atoms. The monoisotopic (exact) mass is 333 g/mol. The van der Waals surface area contributed by atoms with Crippen molar-refractivity contribution in [1.82, 2.24) is 5.32 Å². The Bertz CT molecular complexity index is 625. The largest absolute Gasteiger partial charge is 0.480 e. The van der Waals surface area contributed by atoms with E-state index >= 15 is 0 Å². The summed E-state index contributed by atoms with van der Waals surface area (Å²) in [4.78, 5) is 33.8. The predicted molar refractivity (Wildman–Crippen MR) is 92.9 cm³/mol. The van der Waals surface area contributed by atoms with Gasteiger partial charge in [0.25, 0.3) is 0 Å². The molecule has 0 fully saturated rings. The Morgan fingerprint density at radius 2 is 2.04 bits per heavy atom. The van der Waals surface area contributed by atoms with Crippen molar-refractivity contribution >= 4 is 31.4 Å². The first-order chi connectivity index (χ1) is 10.7. The van der Waals surface area contributed by atoms with Crippen LogP contribution in [0.15, 0.2) is 30.9 Å². The van der Waals surface area contributed by atoms with Gasteiger partial charge in [-0.25, -0.2) is 4.79 Å². The molecule has 0 radical (unpaired) electrons. The number of benzene rings is 1. The van der Waals surface area contributed by atoms with Crippen molar-refractivity contribution in [2.75, 3.05) is 0 Å². The summed E-state index contributed by atoms with van der Waals surface area (Å²) in [5.74, 6) is -1.54. The lowest BCUT2D eigenvalue weighted by atomic mass is 10.0. The highest BCUT2D eigenvalue weighted by molar-refractivity contribution is 6.90. The second-order valence-electron chi connectivity index (χ2n) is 6.20. The molecule has 5 nitrogen and oxygen atoms in total. The normalized spacial score (nSPS) is 12.3. The summed E-state index contributed by atoms with van der Waals surface area (Å²) < 4.78 is 0. The van der Waals surface area contributed by atoms with Gasteiger partial charge < -0.3 is 10.4 Å². The van der Waals surface area contributed by atoms with Gasteiger partial charge >= 0.3 is 5.97 Å². The van der Waals surface area contributed by atoms with Crippen molar-refractivity contribution in [2.24, 2.45) is 0 Å². The fraction of sp³-hybridized carbons (Fsp3) is 0.353. The lowest BCUT2D eigenvalue weighted by Crippen LogP contribution is -2.42. The highest BCUT2D eigenvalue weighted by Crippen LogP contribution is 2.15. The molecule has 0 heterocycles. The molecule has 0 spiro atoms. The molecule has 1 aromatic rings. The van der Waals surface area contributed by atoms with Crippen LogP contribution in [0.4, 0.5) is 0 Å². The van der Waals surface area contributed by atoms with Crippen LogP contribution in [-0.4, -0.2) is 37.4 Å². The average Bonchev–Trinajstić information content (AvgIpc) is 2.46. The number of carbonyl (C=O) groups excluding carboxylic acids is 2. The Morgan fingerprint density at radius 3 is 2.52 bits per heavy atom. The number of hydrogen-bond donors (Lipinski definition) is 2. The topological polar surface area (TPSA) is 83.5 Å². The van der Waals surface area contributed by atoms with Gasteiger partial charge in [0.2, 0.25) is 5.91 Å². The quantitative estimate of drug-likeness (QED) is 0.431. The molecule has 2 N–H and O–H groups in total. The van der Waals surface area contributed by atoms with Crippen LogP contribution in [0.2, 0.25) is 19.1 Å². The van der Waals surface area contributed by atoms with Gasteiger partial charge in [-0.1, -0.05) is 42.6 Å². The molecule has 1 aromatic carbocycles. The minimum absolute atomic E-state index is 0.0761. The maximum absolute atomic E-state index is 11.4. The Hall–Kier alpha value is -2.21. The maximum atomic E-state index is 11.4. The third-order valence-corrected chi connectivity index (χ3v) is 6.99. The minimum Gasteiger partial charge on any atom is -0.480 e. The second kappa shape index (κ2) is 7.87. The maximum Gasteiger partial charge on any atom is 0.326 e. The van der Waals surface area contributed by atoms with E-state index in [0.29, 0.717) is 11.1 Å². The van der Waals surface area contributed by atoms with E-state index in [9.17, 15) is 19.5 Å². The van der Waals surface area contributed by atoms with E-state index in [0.717, 1.165) is 17.5 Å². The number of nitrogens with one attached hydrogen (secondary N) is 1. The summed E-state index contributed by atoms with van der Waals surface area (Å²) in [6.45, 7) is 9.42. The number of hydrogen-bond acceptors (Lipinski definition) is 3. The third-order valence-electron chi connectivity index (χ3n) is 3.81. The lowest BCUT2D eigenvalue weighted by Gasteiger charge is -2.23. The van der Waals surface area contributed by atoms with Crippen LogP contribution in [0.1, 0.15) is 22.8 Å². The first-order valence-electron chi connectivity index (χ1n) is 7.40. The molecule has 0 saturated heterocycles. The third kappa shape index (κ3) is 5.17. The van der Waals surface area contributed by atoms with Gasteiger partial charge in [-0.2, -0.15) is 0 Å². The molecule has 0 aliphatic rings. The van der Waals surface area contributed by atoms with Crippen LogP contribution < -0.4 is 10.5 Å². The van der Waals surface area contributed by atoms with Crippen molar-refractivity contribution in [1.29, 1.82) is 0 Å². The summed E-state index contributed by atoms with van der Waals surface area (Å²) in [6.07, 6.45) is 2.70. The molecule has 1 amide bonds. The standard InChI is InChI=1S/C17H23NO4Si/c1-5-8-23(3,4)15-7-6-13(14(9-15)11-19)10-16(17(21)22)18-12(2)20/h5-7,9,11,16H,1,8,10H2,2-4H3,(H,18,20)(H,21,22). The molecule has 124 valence electrons. The van der Waals surface area contributed by atoms with Crippen molar-refractivity contribution in [3.8, 4) is 0 Å². The first kappa shape index (κ1) is 18.8. The second-order valence-corrected chi connectivity index (χ2v) is 11.0. The smallest absolute Gasteiger partial charge is 0.326 e. The van der Waals surface area contributed by atoms with E-state index in [1.807, 2.05) is 18.2 Å². The summed E-state index contributed by atoms with van der Waals surface area (Å²) in [7, 11) is -1.70. The zero-order chi connectivity index (χ0) is 17.6. The number of allylic oxidation sites excluding steroid dienone is 1. The number of carbonyl (C=O) groups is 3. The average molecular weight is 333 g/mol. The number of carboxylic acid groups (broad SMARTS) is 1. The summed E-state index contributed by atoms with van der Waals surface area (Å²) in [6, 6.07) is 5.42. The van der Waals surface area contributed by atoms with Crippen LogP contribution in [0.5, 0.6) is 0 Å². The van der Waals surface area contributed by atoms with E-state index in [1.54, 1.807) is 6.07 Å². The molecule has 0 aliphatic heterocycles. The van der Waals surface area contributed by atoms with Crippen LogP contribution in [0.25, 0.3) is 0 Å². The van der Waals surface area contributed by atoms with Gasteiger partial charge in [0.1, 0.15) is 12.3 Å². The first-order valence-corrected chi connectivity index (χ1v) is 10.6. The van der Waals surface area contributed by atoms with Gasteiger partial charge in [0, 0.05) is 18.9 Å². The van der Waals surface area contributed by atoms with Gasteiger partial charge in [-0.15, -0.1) is 6.58 Å². The van der Waals surface area contributed by atoms with E-state index in [-0.39, 0.29) is 6.42 Å². The summed E-state index contributed by atoms with van der Waals surface area (Å²) in [5, 5.41) is 12.7. The molecule has 6 heteroatoms. The molecular weight excluding hydrogens is 310 g/mol. The molecular formula is C17H23NO4Si. The fourth-order valence-electron chi connectivity index (χ4n) is 2.46. The molecule has 0 aromatic heterocycles. The Kier molecular flexibility index (Phi) is 6.45. The predicted octanol–water partition coefficient (Wildman–Crippen LogP) is 1.73. The van der Waals surface area contributed by atoms with Crippen molar-refractivity contribution < 1.29 is 19.5 Å². The van der Waals surface area contributed by atoms with Crippen molar-refractivity contribution in [3.63, 3.8) is 0 Å². The molecule has 1 unspecified atom stereocenters. The number of carboxylic acids is 1. The number of rotatable bonds is 8. The van der Waals surface area contributed by atoms with Gasteiger partial charge in [0.05, 0.1) is 8.07 Å². The minimum atomic E-state index is -1.70. The van der Waals surface area contributed by atoms with Crippen LogP contribution in [0.3, 0.4) is 0 Å². The highest BCUT2D eigenvalue weighted by atomic mass is 28.3. The van der Waals surface area contributed by atoms with Gasteiger partial charge in [-0.05, 0) is 11.6 Å². The van der Waals surface area contributed by atoms with Crippen molar-refractivity contribution in [2.45, 2.75) is 38.5 Å². The zero-order valence-electron chi connectivity index (χ0n) is 13.8. The Balaban J connectivity index is 3.13. The SMILES string of the molecule is C=CC[Si](C)(C)c1ccc(CC(NC(C)=O)C(=O)O)c(C=O)c1. The zero-order valence-corrected chi connectivity index (χ0v) is 14.8. The Labute approximate surface area is 137 Å². The van der Waals surface area contributed by atoms with E-state index in [2.05, 4.69) is 25.0 Å². The summed E-state index contributed by atoms with van der Waals surface area (Å²) >= 11 is 0. The molecule has 0 aliphatic carbocycles. The number of aliphatic carboxylic acids is 1. The number of aldehydes is 1. The molecule has 1 rings (SSSR count). The van der Waals surface area contributed by atoms with E-state index < -0.39 is 26.0 Å². The lowest BCUT2D eigenvalue weighted by molar-refractivity contribution is -0.141. The van der Waals surface area contributed by atoms with Crippen LogP contribution in [0, 0.1) is 0 Å². The highest BCUT2D eigenvalue weighted by Gasteiger charge is 2.24. The van der Waals surface area contributed by atoms with Crippen LogP contribution >= 0.6 is 0 Å². The molecule has 0 bridgehead atoms. The van der Waals surface area contributed by atoms with Crippen molar-refractivity contribution in [3.05, 3.63) is 42.0 Å². The van der Waals surface area contributed by atoms with E-state index in [4.69, 9.17) is 0 Å². The molecule has 1 atom stereocenters. The van der Waals surface area contributed by atoms with Gasteiger partial charge in [0.15, 0.2) is 0 Å².